The number of nitrogens with zero attached hydrogens (tertiary/aromatic N) is 4. The predicted molar refractivity (Wildman–Crippen MR) is 146 cm³/mol. The first-order valence-corrected chi connectivity index (χ1v) is 12.5. The molecule has 2 aliphatic rings. The van der Waals surface area contributed by atoms with Crippen molar-refractivity contribution in [2.75, 3.05) is 45.6 Å². The molecule has 180 valence electrons. The van der Waals surface area contributed by atoms with Crippen LogP contribution in [0.15, 0.2) is 66.1 Å². The molecule has 0 bridgehead atoms. The van der Waals surface area contributed by atoms with Crippen LogP contribution >= 0.6 is 0 Å². The van der Waals surface area contributed by atoms with Crippen LogP contribution in [0.4, 0.5) is 5.82 Å². The van der Waals surface area contributed by atoms with E-state index >= 15 is 0 Å². The molecule has 0 radical (unpaired) electrons. The second-order valence-electron chi connectivity index (χ2n) is 9.74. The molecule has 2 aromatic rings. The van der Waals surface area contributed by atoms with Gasteiger partial charge in [0, 0.05) is 62.4 Å². The average molecular weight is 458 g/mol. The maximum absolute atomic E-state index is 4.65. The van der Waals surface area contributed by atoms with Crippen molar-refractivity contribution in [3.05, 3.63) is 66.7 Å². The number of anilines is 1. The number of hydrogen-bond donors (Lipinski definition) is 1. The SMILES string of the molecule is C=C(Nc1cc2cc(/C(C=NC)=C/C)ccc2cn1)C1CCC(C(=C)N2CCN(C)CC2)CC1. The minimum atomic E-state index is 0.482. The maximum atomic E-state index is 4.65. The zero-order valence-electron chi connectivity index (χ0n) is 21.1. The van der Waals surface area contributed by atoms with Gasteiger partial charge >= 0.3 is 0 Å². The molecule has 4 rings (SSSR count). The molecule has 34 heavy (non-hydrogen) atoms. The van der Waals surface area contributed by atoms with Crippen molar-refractivity contribution in [2.24, 2.45) is 16.8 Å². The Morgan fingerprint density at radius 3 is 2.41 bits per heavy atom. The van der Waals surface area contributed by atoms with Crippen LogP contribution in [0.2, 0.25) is 0 Å². The lowest BCUT2D eigenvalue weighted by molar-refractivity contribution is 0.162. The van der Waals surface area contributed by atoms with Crippen LogP contribution in [0.1, 0.15) is 38.2 Å². The summed E-state index contributed by atoms with van der Waals surface area (Å²) < 4.78 is 0. The van der Waals surface area contributed by atoms with Gasteiger partial charge in [-0.2, -0.15) is 0 Å². The molecule has 1 saturated heterocycles. The Balaban J connectivity index is 1.36. The first kappa shape index (κ1) is 24.2. The van der Waals surface area contributed by atoms with Crippen molar-refractivity contribution in [1.29, 1.82) is 0 Å². The number of nitrogens with one attached hydrogen (secondary N) is 1. The number of rotatable bonds is 7. The van der Waals surface area contributed by atoms with Gasteiger partial charge in [-0.15, -0.1) is 0 Å². The molecular weight excluding hydrogens is 418 g/mol. The van der Waals surface area contributed by atoms with E-state index in [1.807, 2.05) is 19.3 Å². The third-order valence-corrected chi connectivity index (χ3v) is 7.52. The predicted octanol–water partition coefficient (Wildman–Crippen LogP) is 5.83. The molecule has 5 nitrogen and oxygen atoms in total. The van der Waals surface area contributed by atoms with E-state index in [-0.39, 0.29) is 0 Å². The molecular formula is C29H39N5. The van der Waals surface area contributed by atoms with E-state index in [0.717, 1.165) is 67.1 Å². The largest absolute Gasteiger partial charge is 0.373 e. The lowest BCUT2D eigenvalue weighted by atomic mass is 9.79. The van der Waals surface area contributed by atoms with E-state index in [1.54, 1.807) is 7.05 Å². The zero-order valence-corrected chi connectivity index (χ0v) is 21.1. The fourth-order valence-corrected chi connectivity index (χ4v) is 5.24. The van der Waals surface area contributed by atoms with Crippen molar-refractivity contribution in [1.82, 2.24) is 14.8 Å². The van der Waals surface area contributed by atoms with Crippen LogP contribution in [0, 0.1) is 11.8 Å². The topological polar surface area (TPSA) is 43.8 Å². The third-order valence-electron chi connectivity index (χ3n) is 7.52. The summed E-state index contributed by atoms with van der Waals surface area (Å²) in [7, 11) is 4.01. The van der Waals surface area contributed by atoms with Gasteiger partial charge in [-0.05, 0) is 80.1 Å². The van der Waals surface area contributed by atoms with E-state index in [1.165, 1.54) is 23.9 Å². The molecule has 0 unspecified atom stereocenters. The van der Waals surface area contributed by atoms with Crippen LogP contribution in [0.25, 0.3) is 16.3 Å². The first-order valence-electron chi connectivity index (χ1n) is 12.5. The summed E-state index contributed by atoms with van der Waals surface area (Å²) in [6.07, 6.45) is 10.6. The molecule has 2 fully saturated rings. The number of piperazine rings is 1. The number of allylic oxidation sites excluding steroid dienone is 4. The first-order chi connectivity index (χ1) is 16.5. The summed E-state index contributed by atoms with van der Waals surface area (Å²) >= 11 is 0. The van der Waals surface area contributed by atoms with Gasteiger partial charge in [-0.25, -0.2) is 4.98 Å². The molecule has 0 spiro atoms. The number of pyridine rings is 1. The molecule has 5 heteroatoms. The van der Waals surface area contributed by atoms with E-state index in [0.29, 0.717) is 11.8 Å². The van der Waals surface area contributed by atoms with Crippen molar-refractivity contribution >= 4 is 28.4 Å². The molecule has 1 saturated carbocycles. The Labute approximate surface area is 205 Å². The highest BCUT2D eigenvalue weighted by Gasteiger charge is 2.28. The summed E-state index contributed by atoms with van der Waals surface area (Å²) in [6, 6.07) is 8.58. The maximum Gasteiger partial charge on any atom is 0.130 e. The number of hydrogen-bond acceptors (Lipinski definition) is 5. The number of fused-ring (bicyclic) bond motifs is 1. The summed E-state index contributed by atoms with van der Waals surface area (Å²) in [4.78, 5) is 13.7. The van der Waals surface area contributed by atoms with Crippen molar-refractivity contribution in [3.63, 3.8) is 0 Å². The Hall–Kier alpha value is -2.92. The molecule has 1 aliphatic heterocycles. The summed E-state index contributed by atoms with van der Waals surface area (Å²) in [5.41, 5.74) is 4.72. The second-order valence-corrected chi connectivity index (χ2v) is 9.74. The van der Waals surface area contributed by atoms with Gasteiger partial charge in [0.25, 0.3) is 0 Å². The highest BCUT2D eigenvalue weighted by molar-refractivity contribution is 6.10. The Morgan fingerprint density at radius 2 is 1.74 bits per heavy atom. The molecule has 1 aliphatic carbocycles. The van der Waals surface area contributed by atoms with Gasteiger partial charge in [0.1, 0.15) is 5.82 Å². The fraction of sp³-hybridized carbons (Fsp3) is 0.448. The zero-order chi connectivity index (χ0) is 24.1. The second kappa shape index (κ2) is 11.0. The Bertz CT molecular complexity index is 1080. The Morgan fingerprint density at radius 1 is 1.03 bits per heavy atom. The molecule has 1 aromatic heterocycles. The van der Waals surface area contributed by atoms with Crippen molar-refractivity contribution < 1.29 is 0 Å². The smallest absolute Gasteiger partial charge is 0.130 e. The summed E-state index contributed by atoms with van der Waals surface area (Å²) in [5.74, 6) is 1.96. The van der Waals surface area contributed by atoms with Crippen LogP contribution < -0.4 is 5.32 Å². The van der Waals surface area contributed by atoms with Gasteiger partial charge in [-0.3, -0.25) is 4.99 Å². The number of benzene rings is 1. The van der Waals surface area contributed by atoms with Gasteiger partial charge in [0.15, 0.2) is 0 Å². The number of aromatic nitrogens is 1. The van der Waals surface area contributed by atoms with E-state index in [4.69, 9.17) is 0 Å². The van der Waals surface area contributed by atoms with E-state index < -0.39 is 0 Å². The van der Waals surface area contributed by atoms with E-state index in [2.05, 4.69) is 75.6 Å². The van der Waals surface area contributed by atoms with Crippen LogP contribution in [0.5, 0.6) is 0 Å². The summed E-state index contributed by atoms with van der Waals surface area (Å²) in [6.45, 7) is 15.4. The standard InChI is InChI=1S/C29H39N5/c1-6-23(19-30-4)26-11-12-27-20-31-29(18-28(27)17-26)32-21(2)24-7-9-25(10-8-24)22(3)34-15-13-33(5)14-16-34/h6,11-12,17-20,24-25H,2-3,7-10,13-16H2,1,4-5H3,(H,31,32)/b23-6+,30-19?. The van der Waals surface area contributed by atoms with Crippen molar-refractivity contribution in [2.45, 2.75) is 32.6 Å². The van der Waals surface area contributed by atoms with Crippen LogP contribution in [-0.4, -0.2) is 61.3 Å². The minimum Gasteiger partial charge on any atom is -0.373 e. The normalized spacial score (nSPS) is 22.3. The lowest BCUT2D eigenvalue weighted by Crippen LogP contribution is -2.45. The van der Waals surface area contributed by atoms with Gasteiger partial charge < -0.3 is 15.1 Å². The van der Waals surface area contributed by atoms with Gasteiger partial charge in [-0.1, -0.05) is 31.4 Å². The number of aliphatic imine (C=N–C) groups is 1. The highest BCUT2D eigenvalue weighted by atomic mass is 15.3. The van der Waals surface area contributed by atoms with Crippen LogP contribution in [-0.2, 0) is 0 Å². The highest BCUT2D eigenvalue weighted by Crippen LogP contribution is 2.37. The fourth-order valence-electron chi connectivity index (χ4n) is 5.24. The van der Waals surface area contributed by atoms with E-state index in [9.17, 15) is 0 Å². The number of likely N-dealkylation sites (N-methyl/N-ethyl adjacent to an activating group) is 1. The van der Waals surface area contributed by atoms with Gasteiger partial charge in [0.2, 0.25) is 0 Å². The molecule has 2 heterocycles. The molecule has 1 N–H and O–H groups in total. The quantitative estimate of drug-likeness (QED) is 0.531. The van der Waals surface area contributed by atoms with Gasteiger partial charge in [0.05, 0.1) is 0 Å². The van der Waals surface area contributed by atoms with Crippen LogP contribution in [0.3, 0.4) is 0 Å². The molecule has 0 amide bonds. The summed E-state index contributed by atoms with van der Waals surface area (Å²) in [5, 5.41) is 5.82. The monoisotopic (exact) mass is 457 g/mol. The third kappa shape index (κ3) is 5.58. The Kier molecular flexibility index (Phi) is 7.84. The minimum absolute atomic E-state index is 0.482. The average Bonchev–Trinajstić information content (AvgIpc) is 2.87. The lowest BCUT2D eigenvalue weighted by Gasteiger charge is -2.40. The van der Waals surface area contributed by atoms with Crippen molar-refractivity contribution in [3.8, 4) is 0 Å². The molecule has 0 atom stereocenters. The molecule has 1 aromatic carbocycles.